The van der Waals surface area contributed by atoms with Gasteiger partial charge in [0.05, 0.1) is 12.6 Å². The maximum Gasteiger partial charge on any atom is 0.357 e. The molecule has 0 amide bonds. The topological polar surface area (TPSA) is 128 Å². The minimum atomic E-state index is -4.60. The molecule has 1 unspecified atom stereocenters. The zero-order valence-electron chi connectivity index (χ0n) is 14.4. The van der Waals surface area contributed by atoms with E-state index in [1.54, 1.807) is 27.7 Å². The number of hydrogen-bond donors (Lipinski definition) is 3. The summed E-state index contributed by atoms with van der Waals surface area (Å²) in [5, 5.41) is -1.68. The lowest BCUT2D eigenvalue weighted by atomic mass is 9.95. The molecule has 1 heterocycles. The van der Waals surface area contributed by atoms with Gasteiger partial charge in [-0.3, -0.25) is 9.13 Å². The largest absolute Gasteiger partial charge is 0.383 e. The van der Waals surface area contributed by atoms with Crippen LogP contribution in [-0.4, -0.2) is 30.8 Å². The summed E-state index contributed by atoms with van der Waals surface area (Å²) in [5.74, 6) is -0.814. The van der Waals surface area contributed by atoms with E-state index in [1.807, 2.05) is 0 Å². The van der Waals surface area contributed by atoms with E-state index in [0.29, 0.717) is 0 Å². The first-order chi connectivity index (χ1) is 11.0. The van der Waals surface area contributed by atoms with E-state index in [0.717, 1.165) is 0 Å². The van der Waals surface area contributed by atoms with Crippen LogP contribution in [0.3, 0.4) is 0 Å². The van der Waals surface area contributed by atoms with E-state index in [-0.39, 0.29) is 12.4 Å². The number of nitrogens with two attached hydrogens (primary N) is 1. The molecule has 0 radical (unpaired) electrons. The molecular weight excluding hydrogens is 333 g/mol. The number of aromatic nitrogens is 2. The highest BCUT2D eigenvalue weighted by Crippen LogP contribution is 2.59. The molecule has 0 aromatic carbocycles. The van der Waals surface area contributed by atoms with E-state index in [9.17, 15) is 19.1 Å². The van der Waals surface area contributed by atoms with Crippen LogP contribution in [0.1, 0.15) is 27.7 Å². The Hall–Kier alpha value is -1.47. The van der Waals surface area contributed by atoms with Gasteiger partial charge in [-0.15, -0.1) is 6.58 Å². The Morgan fingerprint density at radius 2 is 1.96 bits per heavy atom. The van der Waals surface area contributed by atoms with Crippen LogP contribution in [0.5, 0.6) is 0 Å². The summed E-state index contributed by atoms with van der Waals surface area (Å²) >= 11 is 0. The fraction of sp³-hybridized carbons (Fsp3) is 0.600. The van der Waals surface area contributed by atoms with Crippen LogP contribution in [0.15, 0.2) is 29.7 Å². The number of nitrogen functional groups attached to an aromatic ring is 1. The van der Waals surface area contributed by atoms with Gasteiger partial charge >= 0.3 is 13.3 Å². The van der Waals surface area contributed by atoms with Crippen molar-refractivity contribution in [1.29, 1.82) is 0 Å². The second-order valence-electron chi connectivity index (χ2n) is 6.28. The molecular formula is C15H26N3O5P. The third kappa shape index (κ3) is 4.13. The van der Waals surface area contributed by atoms with Gasteiger partial charge in [-0.05, 0) is 17.9 Å². The van der Waals surface area contributed by atoms with Crippen molar-refractivity contribution in [2.75, 3.05) is 5.73 Å². The Balaban J connectivity index is 3.21. The zero-order valence-corrected chi connectivity index (χ0v) is 15.3. The molecule has 8 nitrogen and oxygen atoms in total. The molecule has 136 valence electrons. The first kappa shape index (κ1) is 20.6. The molecule has 1 aromatic heterocycles. The molecule has 0 saturated heterocycles. The van der Waals surface area contributed by atoms with Crippen LogP contribution in [0.4, 0.5) is 5.82 Å². The minimum absolute atomic E-state index is 0.0246. The fourth-order valence-corrected chi connectivity index (χ4v) is 4.48. The van der Waals surface area contributed by atoms with Gasteiger partial charge in [-0.1, -0.05) is 33.8 Å². The first-order valence-electron chi connectivity index (χ1n) is 7.64. The summed E-state index contributed by atoms with van der Waals surface area (Å²) in [6, 6.07) is 1.46. The Morgan fingerprint density at radius 3 is 2.33 bits per heavy atom. The van der Waals surface area contributed by atoms with Gasteiger partial charge in [0, 0.05) is 6.20 Å². The molecule has 0 aliphatic carbocycles. The van der Waals surface area contributed by atoms with Gasteiger partial charge in [0.1, 0.15) is 5.82 Å². The molecule has 1 aromatic rings. The molecule has 0 spiro atoms. The Kier molecular flexibility index (Phi) is 6.52. The van der Waals surface area contributed by atoms with Crippen LogP contribution in [0.2, 0.25) is 0 Å². The normalized spacial score (nSPS) is 14.2. The lowest BCUT2D eigenvalue weighted by molar-refractivity contribution is -0.0930. The summed E-state index contributed by atoms with van der Waals surface area (Å²) in [6.07, 6.45) is 2.08. The highest BCUT2D eigenvalue weighted by Gasteiger charge is 2.54. The molecule has 1 rings (SSSR count). The quantitative estimate of drug-likeness (QED) is 0.475. The molecule has 4 N–H and O–H groups in total. The number of rotatable bonds is 8. The van der Waals surface area contributed by atoms with E-state index >= 15 is 0 Å². The summed E-state index contributed by atoms with van der Waals surface area (Å²) in [4.78, 5) is 35.3. The van der Waals surface area contributed by atoms with Crippen LogP contribution in [0, 0.1) is 11.8 Å². The van der Waals surface area contributed by atoms with E-state index in [4.69, 9.17) is 10.5 Å². The van der Waals surface area contributed by atoms with Gasteiger partial charge in [0.15, 0.2) is 5.34 Å². The van der Waals surface area contributed by atoms with Gasteiger partial charge in [0.25, 0.3) is 0 Å². The van der Waals surface area contributed by atoms with Gasteiger partial charge in [-0.2, -0.15) is 4.98 Å². The molecule has 0 fully saturated rings. The van der Waals surface area contributed by atoms with Gasteiger partial charge in [-0.25, -0.2) is 4.79 Å². The lowest BCUT2D eigenvalue weighted by Crippen LogP contribution is -2.47. The van der Waals surface area contributed by atoms with Crippen molar-refractivity contribution in [2.24, 2.45) is 11.8 Å². The molecule has 1 atom stereocenters. The van der Waals surface area contributed by atoms with E-state index in [2.05, 4.69) is 11.6 Å². The van der Waals surface area contributed by atoms with Crippen LogP contribution >= 0.6 is 7.60 Å². The van der Waals surface area contributed by atoms with Crippen LogP contribution in [0.25, 0.3) is 0 Å². The molecule has 9 heteroatoms. The molecule has 0 saturated carbocycles. The summed E-state index contributed by atoms with van der Waals surface area (Å²) in [6.45, 7) is 10.4. The van der Waals surface area contributed by atoms with Gasteiger partial charge < -0.3 is 20.3 Å². The average Bonchev–Trinajstić information content (AvgIpc) is 2.43. The average molecular weight is 359 g/mol. The van der Waals surface area contributed by atoms with Crippen LogP contribution in [-0.2, 0) is 15.8 Å². The predicted octanol–water partition coefficient (Wildman–Crippen LogP) is 1.58. The first-order valence-corrected chi connectivity index (χ1v) is 9.26. The standard InChI is InChI=1S/C15H26N3O5P/c1-6-12(9-18-8-7-13(16)17-14(18)19)23-15(10(2)3,11(4)5)24(20,21)22/h6-8,10-12H,1,9H2,2-5H3,(H2,16,17,19)(H2,20,21,22). The second kappa shape index (κ2) is 7.61. The summed E-state index contributed by atoms with van der Waals surface area (Å²) < 4.78 is 19.3. The van der Waals surface area contributed by atoms with Crippen LogP contribution < -0.4 is 11.4 Å². The SMILES string of the molecule is C=CC(Cn1ccc(N)nc1=O)OC(C(C)C)(C(C)C)P(=O)(O)O. The van der Waals surface area contributed by atoms with Crippen molar-refractivity contribution in [1.82, 2.24) is 9.55 Å². The monoisotopic (exact) mass is 359 g/mol. The number of hydrogen-bond acceptors (Lipinski definition) is 5. The molecule has 24 heavy (non-hydrogen) atoms. The molecule has 0 bridgehead atoms. The van der Waals surface area contributed by atoms with E-state index < -0.39 is 36.6 Å². The lowest BCUT2D eigenvalue weighted by Gasteiger charge is -2.43. The zero-order chi connectivity index (χ0) is 18.7. The summed E-state index contributed by atoms with van der Waals surface area (Å²) in [5.41, 5.74) is 4.88. The number of nitrogens with zero attached hydrogens (tertiary/aromatic N) is 2. The van der Waals surface area contributed by atoms with E-state index in [1.165, 1.54) is 22.9 Å². The highest BCUT2D eigenvalue weighted by molar-refractivity contribution is 7.53. The Labute approximate surface area is 141 Å². The van der Waals surface area contributed by atoms with Crippen molar-refractivity contribution in [3.8, 4) is 0 Å². The van der Waals surface area contributed by atoms with Crippen molar-refractivity contribution < 1.29 is 19.1 Å². The smallest absolute Gasteiger partial charge is 0.357 e. The Morgan fingerprint density at radius 1 is 1.42 bits per heavy atom. The third-order valence-electron chi connectivity index (χ3n) is 3.99. The maximum atomic E-state index is 12.2. The van der Waals surface area contributed by atoms with Crippen molar-refractivity contribution in [2.45, 2.75) is 45.7 Å². The summed E-state index contributed by atoms with van der Waals surface area (Å²) in [7, 11) is -4.60. The van der Waals surface area contributed by atoms with Crippen molar-refractivity contribution in [3.63, 3.8) is 0 Å². The van der Waals surface area contributed by atoms with Gasteiger partial charge in [0.2, 0.25) is 0 Å². The predicted molar refractivity (Wildman–Crippen MR) is 92.4 cm³/mol. The third-order valence-corrected chi connectivity index (χ3v) is 6.03. The van der Waals surface area contributed by atoms with Crippen molar-refractivity contribution in [3.05, 3.63) is 35.4 Å². The number of ether oxygens (including phenoxy) is 1. The molecule has 0 aliphatic rings. The fourth-order valence-electron chi connectivity index (χ4n) is 2.86. The highest BCUT2D eigenvalue weighted by atomic mass is 31.2. The second-order valence-corrected chi connectivity index (χ2v) is 8.07. The maximum absolute atomic E-state index is 12.2. The number of anilines is 1. The Bertz CT molecular complexity index is 672. The van der Waals surface area contributed by atoms with Crippen molar-refractivity contribution >= 4 is 13.4 Å². The molecule has 0 aliphatic heterocycles. The minimum Gasteiger partial charge on any atom is -0.383 e.